The lowest BCUT2D eigenvalue weighted by Crippen LogP contribution is -2.59. The quantitative estimate of drug-likeness (QED) is 0.718. The third-order valence-electron chi connectivity index (χ3n) is 8.44. The molecular weight excluding hydrogens is 286 g/mol. The first kappa shape index (κ1) is 15.9. The van der Waals surface area contributed by atoms with E-state index < -0.39 is 0 Å². The third-order valence-corrected chi connectivity index (χ3v) is 8.44. The first-order chi connectivity index (χ1) is 10.8. The van der Waals surface area contributed by atoms with E-state index in [4.69, 9.17) is 0 Å². The summed E-state index contributed by atoms with van der Waals surface area (Å²) in [5, 5.41) is 13.7. The molecular formula is C20H33NO2. The van der Waals surface area contributed by atoms with Gasteiger partial charge in [-0.3, -0.25) is 4.79 Å². The lowest BCUT2D eigenvalue weighted by Gasteiger charge is -2.60. The van der Waals surface area contributed by atoms with Gasteiger partial charge in [0.25, 0.3) is 0 Å². The summed E-state index contributed by atoms with van der Waals surface area (Å²) in [4.78, 5) is 12.1. The topological polar surface area (TPSA) is 49.3 Å². The SMILES string of the molecule is CC1CC2NC(=O)CCCC2(C)C2CCC3(C)CC(O)CC3C12. The molecule has 23 heavy (non-hydrogen) atoms. The van der Waals surface area contributed by atoms with Crippen LogP contribution in [-0.4, -0.2) is 23.2 Å². The zero-order valence-corrected chi connectivity index (χ0v) is 15.0. The molecule has 3 saturated carbocycles. The van der Waals surface area contributed by atoms with Gasteiger partial charge in [-0.25, -0.2) is 0 Å². The molecule has 0 aromatic carbocycles. The third kappa shape index (κ3) is 2.29. The molecule has 0 radical (unpaired) electrons. The van der Waals surface area contributed by atoms with Crippen molar-refractivity contribution in [1.29, 1.82) is 0 Å². The summed E-state index contributed by atoms with van der Waals surface area (Å²) in [6.45, 7) is 7.30. The van der Waals surface area contributed by atoms with E-state index in [-0.39, 0.29) is 17.4 Å². The summed E-state index contributed by atoms with van der Waals surface area (Å²) in [6, 6.07) is 0.365. The van der Waals surface area contributed by atoms with Gasteiger partial charge in [0.05, 0.1) is 6.10 Å². The Bertz CT molecular complexity index is 506. The Balaban J connectivity index is 1.69. The molecule has 0 spiro atoms. The van der Waals surface area contributed by atoms with E-state index in [2.05, 4.69) is 26.1 Å². The monoisotopic (exact) mass is 319 g/mol. The van der Waals surface area contributed by atoms with Crippen molar-refractivity contribution >= 4 is 5.91 Å². The highest BCUT2D eigenvalue weighted by Gasteiger charge is 2.60. The second-order valence-electron chi connectivity index (χ2n) is 9.77. The zero-order valence-electron chi connectivity index (χ0n) is 15.0. The first-order valence-electron chi connectivity index (χ1n) is 9.81. The van der Waals surface area contributed by atoms with Gasteiger partial charge in [-0.1, -0.05) is 20.8 Å². The van der Waals surface area contributed by atoms with Crippen molar-refractivity contribution in [2.24, 2.45) is 34.5 Å². The van der Waals surface area contributed by atoms with Crippen molar-refractivity contribution in [1.82, 2.24) is 5.32 Å². The second kappa shape index (κ2) is 5.21. The van der Waals surface area contributed by atoms with Crippen LogP contribution in [0.1, 0.15) is 72.1 Å². The summed E-state index contributed by atoms with van der Waals surface area (Å²) < 4.78 is 0. The summed E-state index contributed by atoms with van der Waals surface area (Å²) in [7, 11) is 0. The molecule has 1 aliphatic heterocycles. The Morgan fingerprint density at radius 3 is 2.74 bits per heavy atom. The van der Waals surface area contributed by atoms with Gasteiger partial charge in [0, 0.05) is 12.5 Å². The number of fused-ring (bicyclic) bond motifs is 5. The van der Waals surface area contributed by atoms with Crippen molar-refractivity contribution in [3.8, 4) is 0 Å². The predicted molar refractivity (Wildman–Crippen MR) is 90.7 cm³/mol. The van der Waals surface area contributed by atoms with Gasteiger partial charge in [-0.2, -0.15) is 0 Å². The van der Waals surface area contributed by atoms with Crippen LogP contribution in [0.15, 0.2) is 0 Å². The minimum Gasteiger partial charge on any atom is -0.393 e. The fraction of sp³-hybridized carbons (Fsp3) is 0.950. The van der Waals surface area contributed by atoms with Gasteiger partial charge >= 0.3 is 0 Å². The number of nitrogens with one attached hydrogen (secondary N) is 1. The number of amides is 1. The van der Waals surface area contributed by atoms with E-state index >= 15 is 0 Å². The largest absolute Gasteiger partial charge is 0.393 e. The minimum absolute atomic E-state index is 0.0877. The van der Waals surface area contributed by atoms with Crippen LogP contribution in [0.3, 0.4) is 0 Å². The Morgan fingerprint density at radius 2 is 1.96 bits per heavy atom. The summed E-state index contributed by atoms with van der Waals surface area (Å²) >= 11 is 0. The van der Waals surface area contributed by atoms with E-state index in [0.717, 1.165) is 37.5 Å². The van der Waals surface area contributed by atoms with Crippen LogP contribution in [0.4, 0.5) is 0 Å². The fourth-order valence-electron chi connectivity index (χ4n) is 7.32. The summed E-state index contributed by atoms with van der Waals surface area (Å²) in [6.07, 6.45) is 8.55. The molecule has 4 fully saturated rings. The first-order valence-corrected chi connectivity index (χ1v) is 9.81. The maximum Gasteiger partial charge on any atom is 0.220 e. The van der Waals surface area contributed by atoms with E-state index in [1.54, 1.807) is 0 Å². The number of carbonyl (C=O) groups excluding carboxylic acids is 1. The number of aliphatic hydroxyl groups excluding tert-OH is 1. The molecule has 0 aromatic heterocycles. The molecule has 8 unspecified atom stereocenters. The lowest BCUT2D eigenvalue weighted by atomic mass is 9.46. The number of hydrogen-bond donors (Lipinski definition) is 2. The Labute approximate surface area is 140 Å². The van der Waals surface area contributed by atoms with E-state index in [1.165, 1.54) is 19.3 Å². The van der Waals surface area contributed by atoms with Gasteiger partial charge in [-0.15, -0.1) is 0 Å². The van der Waals surface area contributed by atoms with Crippen molar-refractivity contribution < 1.29 is 9.90 Å². The molecule has 0 bridgehead atoms. The molecule has 1 heterocycles. The Morgan fingerprint density at radius 1 is 1.17 bits per heavy atom. The number of rotatable bonds is 0. The standard InChI is InChI=1S/C20H33NO2/c1-12-9-16-20(3,7-4-5-17(23)21-16)14-6-8-19(2)11-13(22)10-15(19)18(12)14/h12-16,18,22H,4-11H2,1-3H3,(H,21,23). The molecule has 3 aliphatic carbocycles. The van der Waals surface area contributed by atoms with Crippen LogP contribution >= 0.6 is 0 Å². The molecule has 130 valence electrons. The molecule has 3 nitrogen and oxygen atoms in total. The van der Waals surface area contributed by atoms with Gasteiger partial charge in [0.2, 0.25) is 5.91 Å². The van der Waals surface area contributed by atoms with Crippen LogP contribution in [0.2, 0.25) is 0 Å². The van der Waals surface area contributed by atoms with Crippen LogP contribution in [0.25, 0.3) is 0 Å². The normalized spacial score (nSPS) is 56.1. The van der Waals surface area contributed by atoms with Crippen molar-refractivity contribution in [2.75, 3.05) is 0 Å². The Hall–Kier alpha value is -0.570. The predicted octanol–water partition coefficient (Wildman–Crippen LogP) is 3.50. The van der Waals surface area contributed by atoms with Crippen LogP contribution in [-0.2, 0) is 4.79 Å². The Kier molecular flexibility index (Phi) is 3.61. The molecule has 4 aliphatic rings. The van der Waals surface area contributed by atoms with Crippen LogP contribution < -0.4 is 5.32 Å². The van der Waals surface area contributed by atoms with Crippen molar-refractivity contribution in [3.63, 3.8) is 0 Å². The van der Waals surface area contributed by atoms with E-state index in [0.29, 0.717) is 29.7 Å². The number of hydrogen-bond acceptors (Lipinski definition) is 2. The van der Waals surface area contributed by atoms with Gasteiger partial charge in [-0.05, 0) is 79.4 Å². The highest BCUT2D eigenvalue weighted by molar-refractivity contribution is 5.76. The number of aliphatic hydroxyl groups is 1. The highest BCUT2D eigenvalue weighted by atomic mass is 16.3. The molecule has 4 rings (SSSR count). The highest BCUT2D eigenvalue weighted by Crippen LogP contribution is 2.65. The van der Waals surface area contributed by atoms with E-state index in [9.17, 15) is 9.90 Å². The van der Waals surface area contributed by atoms with Crippen molar-refractivity contribution in [3.05, 3.63) is 0 Å². The molecule has 1 saturated heterocycles. The number of carbonyl (C=O) groups is 1. The molecule has 0 aromatic rings. The van der Waals surface area contributed by atoms with Crippen LogP contribution in [0, 0.1) is 34.5 Å². The maximum absolute atomic E-state index is 12.1. The van der Waals surface area contributed by atoms with Gasteiger partial charge in [0.15, 0.2) is 0 Å². The molecule has 3 heteroatoms. The molecule has 2 N–H and O–H groups in total. The maximum atomic E-state index is 12.1. The summed E-state index contributed by atoms with van der Waals surface area (Å²) in [5.41, 5.74) is 0.615. The average Bonchev–Trinajstić information content (AvgIpc) is 2.69. The second-order valence-corrected chi connectivity index (χ2v) is 9.77. The molecule has 1 amide bonds. The zero-order chi connectivity index (χ0) is 16.4. The smallest absolute Gasteiger partial charge is 0.220 e. The van der Waals surface area contributed by atoms with Gasteiger partial charge in [0.1, 0.15) is 0 Å². The van der Waals surface area contributed by atoms with Crippen molar-refractivity contribution in [2.45, 2.75) is 84.3 Å². The minimum atomic E-state index is -0.0877. The van der Waals surface area contributed by atoms with Gasteiger partial charge < -0.3 is 10.4 Å². The molecule has 8 atom stereocenters. The summed E-state index contributed by atoms with van der Waals surface area (Å²) in [5.74, 6) is 3.07. The fourth-order valence-corrected chi connectivity index (χ4v) is 7.32. The lowest BCUT2D eigenvalue weighted by molar-refractivity contribution is -0.126. The van der Waals surface area contributed by atoms with Crippen LogP contribution in [0.5, 0.6) is 0 Å². The average molecular weight is 319 g/mol. The van der Waals surface area contributed by atoms with E-state index in [1.807, 2.05) is 0 Å².